The average molecular weight is 350 g/mol. The molecule has 0 unspecified atom stereocenters. The van der Waals surface area contributed by atoms with Gasteiger partial charge in [0.1, 0.15) is 12.0 Å². The van der Waals surface area contributed by atoms with Crippen LogP contribution in [0.25, 0.3) is 0 Å². The Balaban J connectivity index is 1.98. The maximum atomic E-state index is 12.0. The smallest absolute Gasteiger partial charge is 0.339 e. The molecule has 0 spiro atoms. The Hall–Kier alpha value is -3.68. The second kappa shape index (κ2) is 7.47. The van der Waals surface area contributed by atoms with E-state index in [1.54, 1.807) is 54.7 Å². The van der Waals surface area contributed by atoms with Gasteiger partial charge in [-0.25, -0.2) is 14.8 Å². The summed E-state index contributed by atoms with van der Waals surface area (Å²) in [5.74, 6) is 0.492. The van der Waals surface area contributed by atoms with Gasteiger partial charge >= 0.3 is 5.97 Å². The third-order valence-electron chi connectivity index (χ3n) is 3.79. The summed E-state index contributed by atoms with van der Waals surface area (Å²) in [7, 11) is 3.12. The monoisotopic (exact) mass is 350 g/mol. The number of anilines is 5. The topological polar surface area (TPSA) is 106 Å². The lowest BCUT2D eigenvalue weighted by Crippen LogP contribution is -2.18. The number of para-hydroxylation sites is 1. The number of hydrogen-bond donors (Lipinski definition) is 2. The van der Waals surface area contributed by atoms with Gasteiger partial charge in [0.25, 0.3) is 0 Å². The standard InChI is InChI=1S/C18H18N6O2/c1-24(14-6-4-3-5-13(14)18(25)26-2)17-15(19)16(21-11-22-17)23-12-7-9-20-10-8-12/h3-11H,19H2,1-2H3,(H,20,21,22,23). The number of ether oxygens (including phenoxy) is 1. The number of nitrogen functional groups attached to an aromatic ring is 1. The molecular weight excluding hydrogens is 332 g/mol. The number of nitrogens with two attached hydrogens (primary N) is 1. The van der Waals surface area contributed by atoms with Crippen LogP contribution in [0.2, 0.25) is 0 Å². The molecule has 0 aliphatic heterocycles. The van der Waals surface area contributed by atoms with E-state index in [1.165, 1.54) is 13.4 Å². The Morgan fingerprint density at radius 3 is 2.62 bits per heavy atom. The summed E-state index contributed by atoms with van der Waals surface area (Å²) in [6.45, 7) is 0. The lowest BCUT2D eigenvalue weighted by atomic mass is 10.1. The molecule has 8 nitrogen and oxygen atoms in total. The summed E-state index contributed by atoms with van der Waals surface area (Å²) < 4.78 is 4.85. The van der Waals surface area contributed by atoms with Crippen LogP contribution in [0, 0.1) is 0 Å². The van der Waals surface area contributed by atoms with Crippen LogP contribution < -0.4 is 16.0 Å². The van der Waals surface area contributed by atoms with Crippen molar-refractivity contribution < 1.29 is 9.53 Å². The predicted molar refractivity (Wildman–Crippen MR) is 99.8 cm³/mol. The van der Waals surface area contributed by atoms with Gasteiger partial charge in [0.05, 0.1) is 18.4 Å². The van der Waals surface area contributed by atoms with Crippen molar-refractivity contribution in [2.45, 2.75) is 0 Å². The number of benzene rings is 1. The summed E-state index contributed by atoms with van der Waals surface area (Å²) in [6, 6.07) is 10.7. The largest absolute Gasteiger partial charge is 0.465 e. The molecule has 0 saturated heterocycles. The first-order valence-electron chi connectivity index (χ1n) is 7.80. The Bertz CT molecular complexity index is 917. The van der Waals surface area contributed by atoms with Crippen molar-refractivity contribution in [1.82, 2.24) is 15.0 Å². The van der Waals surface area contributed by atoms with E-state index in [9.17, 15) is 4.79 Å². The maximum absolute atomic E-state index is 12.0. The van der Waals surface area contributed by atoms with Crippen molar-refractivity contribution in [1.29, 1.82) is 0 Å². The van der Waals surface area contributed by atoms with Crippen LogP contribution in [-0.4, -0.2) is 35.1 Å². The van der Waals surface area contributed by atoms with E-state index in [4.69, 9.17) is 10.5 Å². The minimum atomic E-state index is -0.435. The quantitative estimate of drug-likeness (QED) is 0.677. The van der Waals surface area contributed by atoms with Crippen molar-refractivity contribution in [3.63, 3.8) is 0 Å². The molecule has 3 N–H and O–H groups in total. The number of aromatic nitrogens is 3. The van der Waals surface area contributed by atoms with Crippen LogP contribution in [0.1, 0.15) is 10.4 Å². The maximum Gasteiger partial charge on any atom is 0.339 e. The fourth-order valence-corrected chi connectivity index (χ4v) is 2.49. The van der Waals surface area contributed by atoms with Gasteiger partial charge in [-0.2, -0.15) is 0 Å². The minimum Gasteiger partial charge on any atom is -0.465 e. The number of pyridine rings is 1. The van der Waals surface area contributed by atoms with Crippen LogP contribution in [-0.2, 0) is 4.74 Å². The molecule has 0 radical (unpaired) electrons. The van der Waals surface area contributed by atoms with Gasteiger partial charge in [-0.15, -0.1) is 0 Å². The van der Waals surface area contributed by atoms with Crippen molar-refractivity contribution in [3.05, 3.63) is 60.7 Å². The zero-order valence-electron chi connectivity index (χ0n) is 14.4. The van der Waals surface area contributed by atoms with Gasteiger partial charge in [-0.05, 0) is 24.3 Å². The molecule has 2 aromatic heterocycles. The SMILES string of the molecule is COC(=O)c1ccccc1N(C)c1ncnc(Nc2ccncc2)c1N. The van der Waals surface area contributed by atoms with E-state index in [1.807, 2.05) is 6.07 Å². The summed E-state index contributed by atoms with van der Waals surface area (Å²) in [6.07, 6.45) is 4.74. The summed E-state index contributed by atoms with van der Waals surface area (Å²) in [4.78, 5) is 26.2. The van der Waals surface area contributed by atoms with Crippen molar-refractivity contribution in [3.8, 4) is 0 Å². The number of nitrogens with zero attached hydrogens (tertiary/aromatic N) is 4. The fourth-order valence-electron chi connectivity index (χ4n) is 2.49. The molecule has 3 rings (SSSR count). The predicted octanol–water partition coefficient (Wildman–Crippen LogP) is 2.75. The third kappa shape index (κ3) is 3.39. The Morgan fingerprint density at radius 2 is 1.88 bits per heavy atom. The van der Waals surface area contributed by atoms with Gasteiger partial charge in [0.15, 0.2) is 11.6 Å². The summed E-state index contributed by atoms with van der Waals surface area (Å²) in [5, 5.41) is 3.13. The summed E-state index contributed by atoms with van der Waals surface area (Å²) in [5.41, 5.74) is 8.46. The molecule has 132 valence electrons. The normalized spacial score (nSPS) is 10.2. The van der Waals surface area contributed by atoms with E-state index >= 15 is 0 Å². The van der Waals surface area contributed by atoms with E-state index in [2.05, 4.69) is 20.3 Å². The Morgan fingerprint density at radius 1 is 1.15 bits per heavy atom. The fraction of sp³-hybridized carbons (Fsp3) is 0.111. The molecule has 0 aliphatic rings. The molecule has 0 saturated carbocycles. The average Bonchev–Trinajstić information content (AvgIpc) is 2.69. The molecule has 0 atom stereocenters. The first kappa shape index (κ1) is 17.2. The second-order valence-corrected chi connectivity index (χ2v) is 5.39. The molecule has 0 bridgehead atoms. The zero-order valence-corrected chi connectivity index (χ0v) is 14.4. The molecule has 0 fully saturated rings. The van der Waals surface area contributed by atoms with Crippen molar-refractivity contribution in [2.24, 2.45) is 0 Å². The molecular formula is C18H18N6O2. The van der Waals surface area contributed by atoms with Crippen molar-refractivity contribution in [2.75, 3.05) is 30.1 Å². The van der Waals surface area contributed by atoms with Gasteiger partial charge in [0.2, 0.25) is 0 Å². The van der Waals surface area contributed by atoms with Crippen molar-refractivity contribution >= 4 is 34.7 Å². The second-order valence-electron chi connectivity index (χ2n) is 5.39. The van der Waals surface area contributed by atoms with Gasteiger partial charge in [0, 0.05) is 25.1 Å². The van der Waals surface area contributed by atoms with Crippen LogP contribution in [0.3, 0.4) is 0 Å². The Kier molecular flexibility index (Phi) is 4.93. The highest BCUT2D eigenvalue weighted by Crippen LogP contribution is 2.33. The van der Waals surface area contributed by atoms with Gasteiger partial charge in [-0.1, -0.05) is 12.1 Å². The molecule has 0 aliphatic carbocycles. The van der Waals surface area contributed by atoms with E-state index in [-0.39, 0.29) is 0 Å². The number of esters is 1. The molecule has 1 aromatic carbocycles. The van der Waals surface area contributed by atoms with Gasteiger partial charge in [-0.3, -0.25) is 4.98 Å². The third-order valence-corrected chi connectivity index (χ3v) is 3.79. The highest BCUT2D eigenvalue weighted by atomic mass is 16.5. The van der Waals surface area contributed by atoms with Gasteiger partial charge < -0.3 is 20.7 Å². The molecule has 2 heterocycles. The molecule has 8 heteroatoms. The first-order valence-corrected chi connectivity index (χ1v) is 7.80. The highest BCUT2D eigenvalue weighted by molar-refractivity contribution is 5.97. The number of methoxy groups -OCH3 is 1. The Labute approximate surface area is 150 Å². The minimum absolute atomic E-state index is 0.353. The molecule has 26 heavy (non-hydrogen) atoms. The molecule has 3 aromatic rings. The number of nitrogens with one attached hydrogen (secondary N) is 1. The summed E-state index contributed by atoms with van der Waals surface area (Å²) >= 11 is 0. The number of carbonyl (C=O) groups is 1. The van der Waals surface area contributed by atoms with Crippen LogP contribution in [0.5, 0.6) is 0 Å². The van der Waals surface area contributed by atoms with Crippen LogP contribution in [0.4, 0.5) is 28.7 Å². The van der Waals surface area contributed by atoms with E-state index < -0.39 is 5.97 Å². The number of carbonyl (C=O) groups excluding carboxylic acids is 1. The van der Waals surface area contributed by atoms with Crippen LogP contribution in [0.15, 0.2) is 55.1 Å². The number of hydrogen-bond acceptors (Lipinski definition) is 8. The van der Waals surface area contributed by atoms with Crippen LogP contribution >= 0.6 is 0 Å². The highest BCUT2D eigenvalue weighted by Gasteiger charge is 2.19. The number of rotatable bonds is 5. The lowest BCUT2D eigenvalue weighted by molar-refractivity contribution is 0.0601. The van der Waals surface area contributed by atoms with E-state index in [0.717, 1.165) is 5.69 Å². The zero-order chi connectivity index (χ0) is 18.5. The van der Waals surface area contributed by atoms with E-state index in [0.29, 0.717) is 28.6 Å². The first-order chi connectivity index (χ1) is 12.6. The molecule has 0 amide bonds. The lowest BCUT2D eigenvalue weighted by Gasteiger charge is -2.22.